The minimum absolute atomic E-state index is 0. The first-order valence-electron chi connectivity index (χ1n) is 14.9. The molecule has 0 aliphatic heterocycles. The fourth-order valence-electron chi connectivity index (χ4n) is 4.49. The van der Waals surface area contributed by atoms with Gasteiger partial charge in [0, 0.05) is 0 Å². The average molecular weight is 975 g/mol. The zero-order valence-electron chi connectivity index (χ0n) is 27.1. The maximum Gasteiger partial charge on any atom is -0.0771 e. The van der Waals surface area contributed by atoms with Crippen LogP contribution in [0, 0.1) is 12.2 Å². The van der Waals surface area contributed by atoms with Crippen LogP contribution in [0.5, 0.6) is 0 Å². The van der Waals surface area contributed by atoms with Gasteiger partial charge in [-0.1, -0.05) is 72.8 Å². The van der Waals surface area contributed by atoms with Crippen molar-refractivity contribution in [3.05, 3.63) is 158 Å². The van der Waals surface area contributed by atoms with E-state index in [1.165, 1.54) is 90.9 Å². The molecule has 0 radical (unpaired) electrons. The first-order valence-corrected chi connectivity index (χ1v) is 18.5. The molecule has 6 aromatic carbocycles. The molecule has 2 aliphatic carbocycles. The van der Waals surface area contributed by atoms with Gasteiger partial charge in [-0.2, -0.15) is 12.2 Å². The summed E-state index contributed by atoms with van der Waals surface area (Å²) >= 11 is 2.53. The zero-order chi connectivity index (χ0) is 31.6. The third kappa shape index (κ3) is 15.0. The Morgan fingerprint density at radius 3 is 0.891 bits per heavy atom. The molecule has 0 heterocycles. The molecule has 0 atom stereocenters. The summed E-state index contributed by atoms with van der Waals surface area (Å²) in [5.41, 5.74) is 0. The summed E-state index contributed by atoms with van der Waals surface area (Å²) < 4.78 is 3.11. The van der Waals surface area contributed by atoms with Crippen molar-refractivity contribution < 1.29 is 47.8 Å². The first kappa shape index (κ1) is 41.7. The van der Waals surface area contributed by atoms with Gasteiger partial charge in [-0.15, -0.1) is 117 Å². The Morgan fingerprint density at radius 1 is 0.478 bits per heavy atom. The fourth-order valence-corrected chi connectivity index (χ4v) is 4.49. The van der Waals surface area contributed by atoms with E-state index in [-0.39, 0.29) is 24.8 Å². The minimum Gasteiger partial charge on any atom is -0.273 e. The predicted octanol–water partition coefficient (Wildman–Crippen LogP) is 12.4. The molecule has 0 nitrogen and oxygen atoms in total. The van der Waals surface area contributed by atoms with Crippen LogP contribution in [0.3, 0.4) is 0 Å². The molecule has 0 aromatic heterocycles. The van der Waals surface area contributed by atoms with Crippen molar-refractivity contribution in [2.45, 2.75) is 40.5 Å². The van der Waals surface area contributed by atoms with Crippen LogP contribution in [0.15, 0.2) is 146 Å². The molecule has 8 rings (SSSR count). The fraction of sp³-hybridized carbons (Fsp3) is 0.143. The summed E-state index contributed by atoms with van der Waals surface area (Å²) in [6, 6.07) is 38.5. The summed E-state index contributed by atoms with van der Waals surface area (Å²) in [6.45, 7) is 8.58. The van der Waals surface area contributed by atoms with E-state index in [0.717, 1.165) is 12.8 Å². The van der Waals surface area contributed by atoms with E-state index in [0.29, 0.717) is 0 Å². The molecule has 46 heavy (non-hydrogen) atoms. The number of rotatable bonds is 0. The van der Waals surface area contributed by atoms with Gasteiger partial charge in [0.25, 0.3) is 0 Å². The number of halogens is 2. The first-order chi connectivity index (χ1) is 21.4. The largest absolute Gasteiger partial charge is 0.273 e. The third-order valence-electron chi connectivity index (χ3n) is 6.22. The van der Waals surface area contributed by atoms with E-state index in [9.17, 15) is 0 Å². The molecule has 0 N–H and O–H groups in total. The van der Waals surface area contributed by atoms with Gasteiger partial charge in [0.05, 0.1) is 0 Å². The normalized spacial score (nSPS) is 11.3. The molecule has 4 heteroatoms. The van der Waals surface area contributed by atoms with Crippen molar-refractivity contribution in [1.29, 1.82) is 0 Å². The monoisotopic (exact) mass is 976 g/mol. The molecule has 0 unspecified atom stereocenters. The van der Waals surface area contributed by atoms with Gasteiger partial charge in [0.1, 0.15) is 0 Å². The predicted molar refractivity (Wildman–Crippen MR) is 204 cm³/mol. The Labute approximate surface area is 317 Å². The van der Waals surface area contributed by atoms with E-state index in [1.54, 1.807) is 6.51 Å². The van der Waals surface area contributed by atoms with Gasteiger partial charge in [0.2, 0.25) is 0 Å². The van der Waals surface area contributed by atoms with Gasteiger partial charge in [-0.3, -0.25) is 12.2 Å². The summed E-state index contributed by atoms with van der Waals surface area (Å²) in [5.74, 6) is 0. The van der Waals surface area contributed by atoms with Gasteiger partial charge in [0.15, 0.2) is 0 Å². The van der Waals surface area contributed by atoms with Crippen LogP contribution in [0.4, 0.5) is 0 Å². The Hall–Kier alpha value is -2.36. The molecule has 6 aromatic rings. The Bertz CT molecular complexity index is 1630. The summed E-state index contributed by atoms with van der Waals surface area (Å²) in [5, 5.41) is 10.8. The van der Waals surface area contributed by atoms with Crippen LogP contribution in [-0.4, -0.2) is 6.51 Å². The molecule has 0 bridgehead atoms. The van der Waals surface area contributed by atoms with Gasteiger partial charge >= 0.3 is 82.0 Å². The van der Waals surface area contributed by atoms with Crippen LogP contribution >= 0.6 is 24.8 Å². The Kier molecular flexibility index (Phi) is 21.6. The Morgan fingerprint density at radius 2 is 0.717 bits per heavy atom. The van der Waals surface area contributed by atoms with Crippen LogP contribution in [-0.2, 0) is 47.8 Å². The molecule has 0 saturated heterocycles. The van der Waals surface area contributed by atoms with Crippen molar-refractivity contribution >= 4 is 74.4 Å². The third-order valence-corrected chi connectivity index (χ3v) is 6.22. The van der Waals surface area contributed by atoms with Crippen molar-refractivity contribution in [3.63, 3.8) is 0 Å². The van der Waals surface area contributed by atoms with E-state index in [4.69, 9.17) is 0 Å². The molecule has 232 valence electrons. The molecule has 0 fully saturated rings. The molecule has 0 amide bonds. The van der Waals surface area contributed by atoms with E-state index in [2.05, 4.69) is 161 Å². The second-order valence-corrected chi connectivity index (χ2v) is 17.8. The second kappa shape index (κ2) is 23.9. The van der Waals surface area contributed by atoms with Gasteiger partial charge < -0.3 is 0 Å². The molecule has 2 aliphatic rings. The average Bonchev–Trinajstić information content (AvgIpc) is 3.85. The number of hydrogen-bond donors (Lipinski definition) is 0. The van der Waals surface area contributed by atoms with E-state index in [1.807, 2.05) is 24.3 Å². The van der Waals surface area contributed by atoms with E-state index < -0.39 is 0 Å². The van der Waals surface area contributed by atoms with Crippen LogP contribution in [0.25, 0.3) is 43.1 Å². The quantitative estimate of drug-likeness (QED) is 0.105. The molecular weight excluding hydrogens is 932 g/mol. The Balaban J connectivity index is 0.000000298. The summed E-state index contributed by atoms with van der Waals surface area (Å²) in [6.07, 6.45) is 20.0. The number of hydrogen-bond acceptors (Lipinski definition) is 0. The summed E-state index contributed by atoms with van der Waals surface area (Å²) in [4.78, 5) is 0. The van der Waals surface area contributed by atoms with Crippen LogP contribution < -0.4 is 0 Å². The molecule has 0 spiro atoms. The van der Waals surface area contributed by atoms with Crippen LogP contribution in [0.2, 0.25) is 0 Å². The SMILES string of the molecule is C[C](C)=[Hf+2].C[C](C)=[Hf+2].Cl.Cl.[C-]1=CC=CC1.[C-]1=CC=CC1.c1ccc2c(c1)[cH-]c1ccccc12.c1ccc2c(c1)[cH-]c1ccccc12. The summed E-state index contributed by atoms with van der Waals surface area (Å²) in [7, 11) is 0. The molecule has 0 saturated carbocycles. The smallest absolute Gasteiger partial charge is 0.0771 e. The number of allylic oxidation sites excluding steroid dienone is 8. The maximum absolute atomic E-state index is 2.99. The maximum atomic E-state index is 2.99. The molecular formula is C42H42Cl2Hf2. The number of fused-ring (bicyclic) bond motifs is 6. The second-order valence-electron chi connectivity index (χ2n) is 10.6. The van der Waals surface area contributed by atoms with Gasteiger partial charge in [-0.25, -0.2) is 24.3 Å². The minimum atomic E-state index is 0. The van der Waals surface area contributed by atoms with E-state index >= 15 is 0 Å². The van der Waals surface area contributed by atoms with Crippen molar-refractivity contribution in [1.82, 2.24) is 0 Å². The van der Waals surface area contributed by atoms with Gasteiger partial charge in [-0.05, 0) is 0 Å². The zero-order valence-corrected chi connectivity index (χ0v) is 35.9. The van der Waals surface area contributed by atoms with Crippen molar-refractivity contribution in [2.75, 3.05) is 0 Å². The number of benzene rings is 4. The van der Waals surface area contributed by atoms with Crippen molar-refractivity contribution in [2.24, 2.45) is 0 Å². The topological polar surface area (TPSA) is 0 Å². The standard InChI is InChI=1S/2C13H9.2C5H5.2C3H6.2ClH.2Hf/c2*1-3-7-12-10(5-1)9-11-6-2-4-8-13(11)12;2*1-2-4-5-3-1;2*1-3-2;;;;/h2*1-9H;2*1-3H,4H2;2*1-2H3;2*1H;;/q4*-1;;;;;2*+2. The van der Waals surface area contributed by atoms with Crippen molar-refractivity contribution in [3.8, 4) is 0 Å². The van der Waals surface area contributed by atoms with Crippen LogP contribution in [0.1, 0.15) is 40.5 Å².